The molecule has 26 heavy (non-hydrogen) atoms. The zero-order valence-electron chi connectivity index (χ0n) is 13.7. The Kier molecular flexibility index (Phi) is 4.24. The molecule has 0 aromatic carbocycles. The average molecular weight is 401 g/mol. The number of hydrogen-bond acceptors (Lipinski definition) is 5. The van der Waals surface area contributed by atoms with Gasteiger partial charge in [0.2, 0.25) is 0 Å². The van der Waals surface area contributed by atoms with Gasteiger partial charge in [-0.15, -0.1) is 11.3 Å². The summed E-state index contributed by atoms with van der Waals surface area (Å²) in [6.45, 7) is 0. The summed E-state index contributed by atoms with van der Waals surface area (Å²) in [7, 11) is 0. The van der Waals surface area contributed by atoms with E-state index in [2.05, 4.69) is 15.3 Å². The van der Waals surface area contributed by atoms with Crippen molar-refractivity contribution in [2.24, 2.45) is 5.73 Å². The first-order chi connectivity index (χ1) is 12.3. The fraction of sp³-hybridized carbons (Fsp3) is 0.412. The van der Waals surface area contributed by atoms with E-state index in [0.29, 0.717) is 0 Å². The fourth-order valence-electron chi connectivity index (χ4n) is 2.75. The molecule has 138 valence electrons. The molecule has 0 aliphatic heterocycles. The van der Waals surface area contributed by atoms with E-state index in [-0.39, 0.29) is 11.4 Å². The highest BCUT2D eigenvalue weighted by atomic mass is 35.5. The van der Waals surface area contributed by atoms with Gasteiger partial charge >= 0.3 is 6.18 Å². The number of thiazole rings is 1. The van der Waals surface area contributed by atoms with Crippen molar-refractivity contribution >= 4 is 34.5 Å². The zero-order valence-corrected chi connectivity index (χ0v) is 15.2. The van der Waals surface area contributed by atoms with Crippen molar-refractivity contribution in [2.45, 2.75) is 43.8 Å². The number of hydrogen-bond donors (Lipinski definition) is 2. The second-order valence-electron chi connectivity index (χ2n) is 6.69. The molecule has 0 amide bonds. The van der Waals surface area contributed by atoms with Gasteiger partial charge in [-0.1, -0.05) is 11.6 Å². The summed E-state index contributed by atoms with van der Waals surface area (Å²) in [5.74, 6) is 0.111. The molecule has 2 heterocycles. The van der Waals surface area contributed by atoms with Gasteiger partial charge in [0.25, 0.3) is 0 Å². The minimum atomic E-state index is -4.53. The minimum Gasteiger partial charge on any atom is -0.339 e. The molecule has 2 aliphatic rings. The Morgan fingerprint density at radius 1 is 1.23 bits per heavy atom. The largest absolute Gasteiger partial charge is 0.418 e. The lowest BCUT2D eigenvalue weighted by Crippen LogP contribution is -2.17. The van der Waals surface area contributed by atoms with Crippen LogP contribution in [0.25, 0.3) is 5.70 Å². The van der Waals surface area contributed by atoms with Gasteiger partial charge in [-0.2, -0.15) is 13.2 Å². The lowest BCUT2D eigenvalue weighted by molar-refractivity contribution is -0.137. The van der Waals surface area contributed by atoms with E-state index in [4.69, 9.17) is 17.3 Å². The summed E-state index contributed by atoms with van der Waals surface area (Å²) >= 11 is 7.14. The van der Waals surface area contributed by atoms with Crippen LogP contribution in [-0.4, -0.2) is 9.97 Å². The van der Waals surface area contributed by atoms with Crippen LogP contribution < -0.4 is 11.1 Å². The van der Waals surface area contributed by atoms with Crippen LogP contribution in [0, 0.1) is 0 Å². The number of allylic oxidation sites excluding steroid dienone is 1. The van der Waals surface area contributed by atoms with Crippen LogP contribution in [0.2, 0.25) is 5.02 Å². The van der Waals surface area contributed by atoms with E-state index in [9.17, 15) is 13.2 Å². The van der Waals surface area contributed by atoms with Crippen LogP contribution in [0.5, 0.6) is 0 Å². The molecular formula is C17H16ClF3N4S. The number of nitrogens with two attached hydrogens (primary N) is 1. The lowest BCUT2D eigenvalue weighted by atomic mass is 9.90. The Morgan fingerprint density at radius 2 is 1.96 bits per heavy atom. The molecule has 2 aliphatic carbocycles. The molecule has 0 spiro atoms. The Balaban J connectivity index is 1.66. The topological polar surface area (TPSA) is 63.8 Å². The summed E-state index contributed by atoms with van der Waals surface area (Å²) in [6, 6.07) is 0.939. The van der Waals surface area contributed by atoms with Crippen LogP contribution in [0.15, 0.2) is 24.0 Å². The van der Waals surface area contributed by atoms with Gasteiger partial charge in [0.05, 0.1) is 26.7 Å². The normalized spacial score (nSPS) is 18.4. The monoisotopic (exact) mass is 400 g/mol. The molecule has 2 saturated carbocycles. The van der Waals surface area contributed by atoms with Crippen LogP contribution in [0.3, 0.4) is 0 Å². The van der Waals surface area contributed by atoms with E-state index in [1.807, 2.05) is 0 Å². The number of anilines is 1. The molecule has 4 nitrogen and oxygen atoms in total. The van der Waals surface area contributed by atoms with Gasteiger partial charge in [0.15, 0.2) is 0 Å². The number of halogens is 4. The highest BCUT2D eigenvalue weighted by Crippen LogP contribution is 2.46. The van der Waals surface area contributed by atoms with Gasteiger partial charge in [0.1, 0.15) is 10.8 Å². The Morgan fingerprint density at radius 3 is 2.54 bits per heavy atom. The molecule has 2 fully saturated rings. The first-order valence-corrected chi connectivity index (χ1v) is 9.43. The molecule has 0 radical (unpaired) electrons. The first kappa shape index (κ1) is 17.8. The molecule has 0 unspecified atom stereocenters. The number of rotatable bonds is 4. The van der Waals surface area contributed by atoms with Gasteiger partial charge < -0.3 is 11.1 Å². The predicted molar refractivity (Wildman–Crippen MR) is 95.9 cm³/mol. The summed E-state index contributed by atoms with van der Waals surface area (Å²) in [5.41, 5.74) is 6.91. The van der Waals surface area contributed by atoms with Crippen molar-refractivity contribution in [3.63, 3.8) is 0 Å². The highest BCUT2D eigenvalue weighted by Gasteiger charge is 2.43. The van der Waals surface area contributed by atoms with Crippen LogP contribution >= 0.6 is 22.9 Å². The third kappa shape index (κ3) is 3.33. The van der Waals surface area contributed by atoms with Gasteiger partial charge in [-0.3, -0.25) is 0 Å². The Bertz CT molecular complexity index is 880. The summed E-state index contributed by atoms with van der Waals surface area (Å²) in [4.78, 5) is 9.30. The lowest BCUT2D eigenvalue weighted by Gasteiger charge is -2.22. The van der Waals surface area contributed by atoms with Gasteiger partial charge in [-0.25, -0.2) is 9.97 Å². The van der Waals surface area contributed by atoms with Crippen LogP contribution in [-0.2, 0) is 11.7 Å². The van der Waals surface area contributed by atoms with E-state index < -0.39 is 16.8 Å². The smallest absolute Gasteiger partial charge is 0.339 e. The van der Waals surface area contributed by atoms with Crippen molar-refractivity contribution in [3.05, 3.63) is 44.5 Å². The quantitative estimate of drug-likeness (QED) is 0.743. The third-order valence-electron chi connectivity index (χ3n) is 4.69. The Hall–Kier alpha value is -1.64. The van der Waals surface area contributed by atoms with Crippen LogP contribution in [0.1, 0.15) is 47.6 Å². The number of aromatic nitrogens is 2. The molecule has 2 aromatic rings. The number of nitrogens with one attached hydrogen (secondary N) is 1. The number of pyridine rings is 1. The molecule has 9 heteroatoms. The van der Waals surface area contributed by atoms with Crippen molar-refractivity contribution in [3.8, 4) is 0 Å². The SMILES string of the molecule is NC1(c2ncc(C(Nc3cc(C(F)(F)F)c(Cl)cn3)=C3CCC3)s2)CC1. The van der Waals surface area contributed by atoms with Crippen molar-refractivity contribution in [1.82, 2.24) is 9.97 Å². The van der Waals surface area contributed by atoms with Crippen molar-refractivity contribution in [2.75, 3.05) is 5.32 Å². The molecule has 0 saturated heterocycles. The van der Waals surface area contributed by atoms with Crippen LogP contribution in [0.4, 0.5) is 19.0 Å². The standard InChI is InChI=1S/C17H16ClF3N4S/c18-11-7-23-13(6-10(11)17(19,20)21)25-14(9-2-1-3-9)12-8-24-15(26-12)16(22)4-5-16/h6-8H,1-5,22H2,(H,23,25). The molecular weight excluding hydrogens is 385 g/mol. The number of nitrogens with zero attached hydrogens (tertiary/aromatic N) is 2. The third-order valence-corrected chi connectivity index (χ3v) is 6.23. The first-order valence-electron chi connectivity index (χ1n) is 8.24. The predicted octanol–water partition coefficient (Wildman–Crippen LogP) is 5.17. The maximum atomic E-state index is 13.1. The second-order valence-corrected chi connectivity index (χ2v) is 8.13. The molecule has 0 atom stereocenters. The summed E-state index contributed by atoms with van der Waals surface area (Å²) in [5, 5.41) is 3.51. The summed E-state index contributed by atoms with van der Waals surface area (Å²) < 4.78 is 39.3. The van der Waals surface area contributed by atoms with Gasteiger partial charge in [0, 0.05) is 12.4 Å². The molecule has 0 bridgehead atoms. The fourth-order valence-corrected chi connectivity index (χ4v) is 4.08. The Labute approximate surface area is 157 Å². The maximum absolute atomic E-state index is 13.1. The second kappa shape index (κ2) is 6.21. The molecule has 2 aromatic heterocycles. The summed E-state index contributed by atoms with van der Waals surface area (Å²) in [6.07, 6.45) is 2.92. The highest BCUT2D eigenvalue weighted by molar-refractivity contribution is 7.13. The van der Waals surface area contributed by atoms with E-state index in [1.165, 1.54) is 11.3 Å². The number of alkyl halides is 3. The maximum Gasteiger partial charge on any atom is 0.418 e. The van der Waals surface area contributed by atoms with E-state index in [1.54, 1.807) is 6.20 Å². The van der Waals surface area contributed by atoms with Gasteiger partial charge in [-0.05, 0) is 43.7 Å². The van der Waals surface area contributed by atoms with Crippen molar-refractivity contribution in [1.29, 1.82) is 0 Å². The average Bonchev–Trinajstić information content (AvgIpc) is 3.08. The van der Waals surface area contributed by atoms with E-state index >= 15 is 0 Å². The van der Waals surface area contributed by atoms with E-state index in [0.717, 1.165) is 65.5 Å². The van der Waals surface area contributed by atoms with Crippen molar-refractivity contribution < 1.29 is 13.2 Å². The molecule has 3 N–H and O–H groups in total. The minimum absolute atomic E-state index is 0.111. The molecule has 4 rings (SSSR count). The zero-order chi connectivity index (χ0) is 18.5.